The highest BCUT2D eigenvalue weighted by Gasteiger charge is 2.15. The monoisotopic (exact) mass is 424 g/mol. The number of hydrogen-bond acceptors (Lipinski definition) is 4. The number of nitrogens with one attached hydrogen (secondary N) is 1. The van der Waals surface area contributed by atoms with Crippen LogP contribution in [0.2, 0.25) is 0 Å². The van der Waals surface area contributed by atoms with Crippen molar-refractivity contribution in [2.24, 2.45) is 0 Å². The molecule has 27 heavy (non-hydrogen) atoms. The van der Waals surface area contributed by atoms with Gasteiger partial charge in [-0.2, -0.15) is 5.10 Å². The summed E-state index contributed by atoms with van der Waals surface area (Å²) in [7, 11) is 0. The fourth-order valence-corrected chi connectivity index (χ4v) is 3.33. The molecule has 0 saturated heterocycles. The van der Waals surface area contributed by atoms with Gasteiger partial charge in [-0.3, -0.25) is 9.20 Å². The van der Waals surface area contributed by atoms with Crippen LogP contribution in [0.3, 0.4) is 0 Å². The molecular formula is C19H17BrN6O. The summed E-state index contributed by atoms with van der Waals surface area (Å²) in [5, 5.41) is 15.6. The summed E-state index contributed by atoms with van der Waals surface area (Å²) < 4.78 is 4.63. The molecule has 4 aromatic rings. The number of amides is 1. The van der Waals surface area contributed by atoms with Crippen molar-refractivity contribution in [3.63, 3.8) is 0 Å². The van der Waals surface area contributed by atoms with E-state index < -0.39 is 0 Å². The van der Waals surface area contributed by atoms with Crippen LogP contribution >= 0.6 is 15.9 Å². The van der Waals surface area contributed by atoms with E-state index in [4.69, 9.17) is 0 Å². The minimum Gasteiger partial charge on any atom is -0.351 e. The second-order valence-corrected chi connectivity index (χ2v) is 7.00. The lowest BCUT2D eigenvalue weighted by Crippen LogP contribution is -2.26. The normalized spacial score (nSPS) is 11.0. The Hall–Kier alpha value is -3.00. The molecule has 0 fully saturated rings. The summed E-state index contributed by atoms with van der Waals surface area (Å²) >= 11 is 3.46. The Morgan fingerprint density at radius 3 is 2.93 bits per heavy atom. The zero-order valence-electron chi connectivity index (χ0n) is 14.6. The lowest BCUT2D eigenvalue weighted by molar-refractivity contribution is 0.0953. The lowest BCUT2D eigenvalue weighted by atomic mass is 10.2. The fourth-order valence-electron chi connectivity index (χ4n) is 2.95. The van der Waals surface area contributed by atoms with Gasteiger partial charge in [0.1, 0.15) is 5.82 Å². The van der Waals surface area contributed by atoms with Crippen LogP contribution in [0.1, 0.15) is 21.9 Å². The summed E-state index contributed by atoms with van der Waals surface area (Å²) in [6.45, 7) is 2.35. The molecule has 0 saturated carbocycles. The SMILES string of the molecule is Cc1c(C(=O)NCCc2nnc3ccccn23)cnn1-c1cccc(Br)c1. The van der Waals surface area contributed by atoms with Crippen LogP contribution in [0, 0.1) is 6.92 Å². The molecule has 8 heteroatoms. The molecule has 0 aliphatic rings. The number of aromatic nitrogens is 5. The van der Waals surface area contributed by atoms with Gasteiger partial charge in [-0.05, 0) is 37.3 Å². The van der Waals surface area contributed by atoms with Crippen LogP contribution in [0.15, 0.2) is 59.3 Å². The number of carbonyl (C=O) groups is 1. The van der Waals surface area contributed by atoms with Crippen molar-refractivity contribution >= 4 is 27.5 Å². The van der Waals surface area contributed by atoms with E-state index in [-0.39, 0.29) is 5.91 Å². The molecule has 0 aliphatic heterocycles. The summed E-state index contributed by atoms with van der Waals surface area (Å²) in [4.78, 5) is 12.6. The zero-order valence-corrected chi connectivity index (χ0v) is 16.2. The largest absolute Gasteiger partial charge is 0.351 e. The molecule has 4 rings (SSSR count). The Kier molecular flexibility index (Phi) is 4.72. The molecule has 0 bridgehead atoms. The lowest BCUT2D eigenvalue weighted by Gasteiger charge is -2.07. The van der Waals surface area contributed by atoms with Crippen molar-refractivity contribution < 1.29 is 4.79 Å². The molecule has 1 N–H and O–H groups in total. The van der Waals surface area contributed by atoms with E-state index in [0.29, 0.717) is 18.5 Å². The number of hydrogen-bond donors (Lipinski definition) is 1. The Morgan fingerprint density at radius 1 is 1.19 bits per heavy atom. The van der Waals surface area contributed by atoms with E-state index in [2.05, 4.69) is 36.5 Å². The highest BCUT2D eigenvalue weighted by Crippen LogP contribution is 2.18. The number of fused-ring (bicyclic) bond motifs is 1. The maximum atomic E-state index is 12.6. The first-order valence-corrected chi connectivity index (χ1v) is 9.30. The first-order chi connectivity index (χ1) is 13.1. The zero-order chi connectivity index (χ0) is 18.8. The van der Waals surface area contributed by atoms with Gasteiger partial charge in [-0.15, -0.1) is 10.2 Å². The van der Waals surface area contributed by atoms with E-state index in [1.165, 1.54) is 0 Å². The summed E-state index contributed by atoms with van der Waals surface area (Å²) in [6, 6.07) is 13.5. The van der Waals surface area contributed by atoms with E-state index in [0.717, 1.165) is 27.3 Å². The second-order valence-electron chi connectivity index (χ2n) is 6.09. The predicted octanol–water partition coefficient (Wildman–Crippen LogP) is 2.96. The van der Waals surface area contributed by atoms with Crippen LogP contribution < -0.4 is 5.32 Å². The fraction of sp³-hybridized carbons (Fsp3) is 0.158. The van der Waals surface area contributed by atoms with Crippen LogP contribution in [-0.4, -0.2) is 36.8 Å². The van der Waals surface area contributed by atoms with Gasteiger partial charge in [0.05, 0.1) is 23.1 Å². The standard InChI is InChI=1S/C19H17BrN6O/c1-13-16(12-22-26(13)15-6-4-5-14(20)11-15)19(27)21-9-8-18-24-23-17-7-2-3-10-25(17)18/h2-7,10-12H,8-9H2,1H3,(H,21,27). The minimum atomic E-state index is -0.150. The average Bonchev–Trinajstić information content (AvgIpc) is 3.25. The van der Waals surface area contributed by atoms with Gasteiger partial charge in [-0.1, -0.05) is 28.1 Å². The van der Waals surface area contributed by atoms with Crippen LogP contribution in [-0.2, 0) is 6.42 Å². The van der Waals surface area contributed by atoms with Gasteiger partial charge in [0.2, 0.25) is 0 Å². The van der Waals surface area contributed by atoms with E-state index in [9.17, 15) is 4.79 Å². The molecule has 0 aliphatic carbocycles. The van der Waals surface area contributed by atoms with Crippen LogP contribution in [0.4, 0.5) is 0 Å². The Bertz CT molecular complexity index is 1120. The van der Waals surface area contributed by atoms with Gasteiger partial charge in [-0.25, -0.2) is 4.68 Å². The van der Waals surface area contributed by atoms with Crippen LogP contribution in [0.5, 0.6) is 0 Å². The Balaban J connectivity index is 1.44. The van der Waals surface area contributed by atoms with Crippen LogP contribution in [0.25, 0.3) is 11.3 Å². The van der Waals surface area contributed by atoms with Crippen molar-refractivity contribution in [2.75, 3.05) is 6.54 Å². The molecule has 3 aromatic heterocycles. The van der Waals surface area contributed by atoms with E-state index >= 15 is 0 Å². The van der Waals surface area contributed by atoms with Gasteiger partial charge in [0.25, 0.3) is 5.91 Å². The Labute approximate surface area is 164 Å². The number of pyridine rings is 1. The van der Waals surface area contributed by atoms with Gasteiger partial charge in [0.15, 0.2) is 5.65 Å². The Morgan fingerprint density at radius 2 is 2.07 bits per heavy atom. The first kappa shape index (κ1) is 17.4. The van der Waals surface area contributed by atoms with Gasteiger partial charge < -0.3 is 5.32 Å². The third kappa shape index (κ3) is 3.48. The first-order valence-electron chi connectivity index (χ1n) is 8.51. The highest BCUT2D eigenvalue weighted by molar-refractivity contribution is 9.10. The summed E-state index contributed by atoms with van der Waals surface area (Å²) in [5.74, 6) is 0.662. The number of rotatable bonds is 5. The molecule has 1 aromatic carbocycles. The quantitative estimate of drug-likeness (QED) is 0.534. The van der Waals surface area contributed by atoms with Crippen molar-refractivity contribution in [3.8, 4) is 5.69 Å². The van der Waals surface area contributed by atoms with Gasteiger partial charge in [0, 0.05) is 23.6 Å². The number of halogens is 1. The number of benzene rings is 1. The molecule has 0 unspecified atom stereocenters. The molecule has 0 spiro atoms. The number of nitrogens with zero attached hydrogens (tertiary/aromatic N) is 5. The molecular weight excluding hydrogens is 408 g/mol. The third-order valence-electron chi connectivity index (χ3n) is 4.33. The molecule has 0 radical (unpaired) electrons. The summed E-state index contributed by atoms with van der Waals surface area (Å²) in [6.07, 6.45) is 4.10. The third-order valence-corrected chi connectivity index (χ3v) is 4.82. The molecule has 136 valence electrons. The van der Waals surface area contributed by atoms with E-state index in [1.54, 1.807) is 10.9 Å². The van der Waals surface area contributed by atoms with Crippen molar-refractivity contribution in [3.05, 3.63) is 76.4 Å². The average molecular weight is 425 g/mol. The topological polar surface area (TPSA) is 77.1 Å². The minimum absolute atomic E-state index is 0.150. The van der Waals surface area contributed by atoms with E-state index in [1.807, 2.05) is 60.0 Å². The van der Waals surface area contributed by atoms with Gasteiger partial charge >= 0.3 is 0 Å². The smallest absolute Gasteiger partial charge is 0.254 e. The molecule has 0 atom stereocenters. The molecule has 1 amide bonds. The maximum absolute atomic E-state index is 12.6. The maximum Gasteiger partial charge on any atom is 0.254 e. The predicted molar refractivity (Wildman–Crippen MR) is 105 cm³/mol. The second kappa shape index (κ2) is 7.32. The van der Waals surface area contributed by atoms with Crippen molar-refractivity contribution in [1.29, 1.82) is 0 Å². The van der Waals surface area contributed by atoms with Crippen molar-refractivity contribution in [2.45, 2.75) is 13.3 Å². The molecule has 3 heterocycles. The van der Waals surface area contributed by atoms with Crippen molar-refractivity contribution in [1.82, 2.24) is 29.7 Å². The molecule has 7 nitrogen and oxygen atoms in total. The highest BCUT2D eigenvalue weighted by atomic mass is 79.9. The summed E-state index contributed by atoms with van der Waals surface area (Å²) in [5.41, 5.74) is 3.04. The number of carbonyl (C=O) groups excluding carboxylic acids is 1.